The normalized spacial score (nSPS) is 11.5. The van der Waals surface area contributed by atoms with E-state index in [4.69, 9.17) is 24.1 Å². The lowest BCUT2D eigenvalue weighted by Crippen LogP contribution is -2.48. The van der Waals surface area contributed by atoms with E-state index < -0.39 is 54.5 Å². The zero-order chi connectivity index (χ0) is 29.7. The smallest absolute Gasteiger partial charge is 0.344 e. The lowest BCUT2D eigenvalue weighted by Gasteiger charge is -2.25. The summed E-state index contributed by atoms with van der Waals surface area (Å²) in [5, 5.41) is 13.8. The highest BCUT2D eigenvalue weighted by molar-refractivity contribution is 5.97. The molecular weight excluding hydrogens is 524 g/mol. The number of carboxylic acid groups (broad SMARTS) is 1. The molecule has 0 aliphatic carbocycles. The van der Waals surface area contributed by atoms with Crippen molar-refractivity contribution in [3.63, 3.8) is 0 Å². The van der Waals surface area contributed by atoms with Crippen molar-refractivity contribution in [3.8, 4) is 11.5 Å². The molecule has 3 N–H and O–H groups in total. The van der Waals surface area contributed by atoms with Crippen molar-refractivity contribution in [1.82, 2.24) is 10.6 Å². The SMILES string of the molecule is CCOC(=O)COc1ccc(CC(NC(=O)CNC(=O)c2cccc(OCC(=O)O)c2)C(=O)OC(C)(C)C)cc1. The number of carbonyl (C=O) groups excluding carboxylic acids is 4. The number of esters is 2. The Morgan fingerprint density at radius 3 is 2.23 bits per heavy atom. The maximum atomic E-state index is 12.9. The van der Waals surface area contributed by atoms with Gasteiger partial charge in [0.25, 0.3) is 5.91 Å². The number of nitrogens with one attached hydrogen (secondary N) is 2. The van der Waals surface area contributed by atoms with Crippen LogP contribution in [-0.4, -0.2) is 72.8 Å². The summed E-state index contributed by atoms with van der Waals surface area (Å²) in [5.74, 6) is -2.93. The molecule has 0 radical (unpaired) electrons. The minimum absolute atomic E-state index is 0.0930. The second-order valence-corrected chi connectivity index (χ2v) is 9.49. The van der Waals surface area contributed by atoms with Gasteiger partial charge < -0.3 is 34.7 Å². The van der Waals surface area contributed by atoms with Gasteiger partial charge in [0.2, 0.25) is 5.91 Å². The lowest BCUT2D eigenvalue weighted by atomic mass is 10.1. The molecule has 0 saturated heterocycles. The maximum absolute atomic E-state index is 12.9. The van der Waals surface area contributed by atoms with Crippen molar-refractivity contribution < 1.29 is 48.0 Å². The number of carboxylic acids is 1. The molecule has 2 aromatic carbocycles. The van der Waals surface area contributed by atoms with Gasteiger partial charge in [0.05, 0.1) is 13.2 Å². The van der Waals surface area contributed by atoms with E-state index in [0.29, 0.717) is 11.3 Å². The summed E-state index contributed by atoms with van der Waals surface area (Å²) in [7, 11) is 0. The first-order valence-corrected chi connectivity index (χ1v) is 12.5. The number of benzene rings is 2. The Bertz CT molecular complexity index is 1190. The van der Waals surface area contributed by atoms with E-state index in [-0.39, 0.29) is 30.9 Å². The summed E-state index contributed by atoms with van der Waals surface area (Å²) < 4.78 is 20.7. The van der Waals surface area contributed by atoms with E-state index in [0.717, 1.165) is 0 Å². The van der Waals surface area contributed by atoms with Crippen LogP contribution < -0.4 is 20.1 Å². The molecule has 1 atom stereocenters. The molecule has 0 heterocycles. The second-order valence-electron chi connectivity index (χ2n) is 9.49. The standard InChI is InChI=1S/C28H34N2O10/c1-5-37-25(34)17-39-20-11-9-18(10-12-20)13-22(27(36)40-28(2,3)4)30-23(31)15-29-26(35)19-7-6-8-21(14-19)38-16-24(32)33/h6-12,14,22H,5,13,15-17H2,1-4H3,(H,29,35)(H,30,31)(H,32,33). The van der Waals surface area contributed by atoms with Crippen molar-refractivity contribution in [3.05, 3.63) is 59.7 Å². The Hall–Kier alpha value is -4.61. The zero-order valence-corrected chi connectivity index (χ0v) is 22.9. The number of ether oxygens (including phenoxy) is 4. The molecule has 2 aromatic rings. The first-order valence-electron chi connectivity index (χ1n) is 12.5. The summed E-state index contributed by atoms with van der Waals surface area (Å²) in [6, 6.07) is 11.4. The molecule has 2 amide bonds. The van der Waals surface area contributed by atoms with Crippen LogP contribution in [0.5, 0.6) is 11.5 Å². The highest BCUT2D eigenvalue weighted by Crippen LogP contribution is 2.16. The van der Waals surface area contributed by atoms with E-state index in [1.165, 1.54) is 24.3 Å². The van der Waals surface area contributed by atoms with Crippen LogP contribution in [0.25, 0.3) is 0 Å². The molecule has 40 heavy (non-hydrogen) atoms. The Morgan fingerprint density at radius 2 is 1.60 bits per heavy atom. The van der Waals surface area contributed by atoms with Crippen LogP contribution in [0.15, 0.2) is 48.5 Å². The van der Waals surface area contributed by atoms with Gasteiger partial charge in [0, 0.05) is 12.0 Å². The van der Waals surface area contributed by atoms with Crippen LogP contribution in [0.3, 0.4) is 0 Å². The summed E-state index contributed by atoms with van der Waals surface area (Å²) in [5.41, 5.74) is 0.0405. The van der Waals surface area contributed by atoms with Gasteiger partial charge >= 0.3 is 17.9 Å². The van der Waals surface area contributed by atoms with Crippen LogP contribution >= 0.6 is 0 Å². The number of hydrogen-bond acceptors (Lipinski definition) is 9. The number of aliphatic carboxylic acids is 1. The topological polar surface area (TPSA) is 167 Å². The third kappa shape index (κ3) is 11.8. The molecule has 12 heteroatoms. The fraction of sp³-hybridized carbons (Fsp3) is 0.393. The predicted octanol–water partition coefficient (Wildman–Crippen LogP) is 1.89. The molecule has 2 rings (SSSR count). The Labute approximate surface area is 231 Å². The molecule has 0 fully saturated rings. The van der Waals surface area contributed by atoms with Gasteiger partial charge in [-0.1, -0.05) is 18.2 Å². The van der Waals surface area contributed by atoms with E-state index >= 15 is 0 Å². The lowest BCUT2D eigenvalue weighted by molar-refractivity contribution is -0.158. The molecule has 0 bridgehead atoms. The molecule has 0 saturated carbocycles. The summed E-state index contributed by atoms with van der Waals surface area (Å²) in [6.45, 7) is 5.81. The highest BCUT2D eigenvalue weighted by Gasteiger charge is 2.27. The third-order valence-corrected chi connectivity index (χ3v) is 4.92. The maximum Gasteiger partial charge on any atom is 0.344 e. The number of hydrogen-bond donors (Lipinski definition) is 3. The quantitative estimate of drug-likeness (QED) is 0.291. The molecule has 216 valence electrons. The van der Waals surface area contributed by atoms with Crippen LogP contribution in [0.4, 0.5) is 0 Å². The minimum Gasteiger partial charge on any atom is -0.482 e. The molecule has 0 aliphatic heterocycles. The van der Waals surface area contributed by atoms with Crippen molar-refractivity contribution in [2.24, 2.45) is 0 Å². The summed E-state index contributed by atoms with van der Waals surface area (Å²) >= 11 is 0. The Morgan fingerprint density at radius 1 is 0.925 bits per heavy atom. The zero-order valence-electron chi connectivity index (χ0n) is 22.9. The van der Waals surface area contributed by atoms with E-state index in [2.05, 4.69) is 10.6 Å². The van der Waals surface area contributed by atoms with E-state index in [9.17, 15) is 24.0 Å². The molecule has 0 aliphatic rings. The van der Waals surface area contributed by atoms with E-state index in [1.807, 2.05) is 0 Å². The van der Waals surface area contributed by atoms with Crippen LogP contribution in [0.2, 0.25) is 0 Å². The Balaban J connectivity index is 2.01. The van der Waals surface area contributed by atoms with Crippen molar-refractivity contribution in [1.29, 1.82) is 0 Å². The van der Waals surface area contributed by atoms with Crippen LogP contribution in [0, 0.1) is 0 Å². The third-order valence-electron chi connectivity index (χ3n) is 4.92. The van der Waals surface area contributed by atoms with E-state index in [1.54, 1.807) is 52.0 Å². The Kier molecular flexibility index (Phi) is 11.9. The predicted molar refractivity (Wildman–Crippen MR) is 142 cm³/mol. The number of amides is 2. The largest absolute Gasteiger partial charge is 0.482 e. The average Bonchev–Trinajstić information content (AvgIpc) is 2.89. The van der Waals surface area contributed by atoms with Gasteiger partial charge in [0.1, 0.15) is 23.1 Å². The first-order chi connectivity index (χ1) is 18.9. The van der Waals surface area contributed by atoms with Gasteiger partial charge in [-0.05, 0) is 63.6 Å². The van der Waals surface area contributed by atoms with Gasteiger partial charge in [-0.25, -0.2) is 14.4 Å². The summed E-state index contributed by atoms with van der Waals surface area (Å²) in [4.78, 5) is 60.2. The average molecular weight is 559 g/mol. The first kappa shape index (κ1) is 31.6. The monoisotopic (exact) mass is 558 g/mol. The second kappa shape index (κ2) is 15.1. The molecule has 1 unspecified atom stereocenters. The molecule has 0 spiro atoms. The number of rotatable bonds is 14. The number of carbonyl (C=O) groups is 5. The minimum atomic E-state index is -1.16. The van der Waals surface area contributed by atoms with Crippen molar-refractivity contribution >= 4 is 29.7 Å². The van der Waals surface area contributed by atoms with Gasteiger partial charge in [-0.15, -0.1) is 0 Å². The summed E-state index contributed by atoms with van der Waals surface area (Å²) in [6.07, 6.45) is 0.0930. The molecule has 0 aromatic heterocycles. The fourth-order valence-electron chi connectivity index (χ4n) is 3.25. The highest BCUT2D eigenvalue weighted by atomic mass is 16.6. The van der Waals surface area contributed by atoms with Gasteiger partial charge in [0.15, 0.2) is 13.2 Å². The molecular formula is C28H34N2O10. The van der Waals surface area contributed by atoms with Crippen molar-refractivity contribution in [2.75, 3.05) is 26.4 Å². The van der Waals surface area contributed by atoms with Gasteiger partial charge in [-0.3, -0.25) is 9.59 Å². The van der Waals surface area contributed by atoms with Crippen LogP contribution in [0.1, 0.15) is 43.6 Å². The fourth-order valence-corrected chi connectivity index (χ4v) is 3.25. The van der Waals surface area contributed by atoms with Crippen LogP contribution in [-0.2, 0) is 35.1 Å². The van der Waals surface area contributed by atoms with Gasteiger partial charge in [-0.2, -0.15) is 0 Å². The molecule has 12 nitrogen and oxygen atoms in total. The van der Waals surface area contributed by atoms with Crippen molar-refractivity contribution in [2.45, 2.75) is 45.8 Å².